The Hall–Kier alpha value is -6.16. The Morgan fingerprint density at radius 3 is 1.86 bits per heavy atom. The van der Waals surface area contributed by atoms with Crippen LogP contribution in [0.15, 0.2) is 180 Å². The number of rotatable bonds is 5. The quantitative estimate of drug-likeness (QED) is 0.186. The highest BCUT2D eigenvalue weighted by Gasteiger charge is 2.16. The summed E-state index contributed by atoms with van der Waals surface area (Å²) in [6, 6.07) is 63.2. The minimum atomic E-state index is 0.910. The normalized spacial score (nSPS) is 11.7. The van der Waals surface area contributed by atoms with Gasteiger partial charge in [-0.3, -0.25) is 0 Å². The Bertz CT molecular complexity index is 2810. The van der Waals surface area contributed by atoms with Crippen molar-refractivity contribution in [3.05, 3.63) is 176 Å². The number of anilines is 3. The molecule has 10 aromatic rings. The zero-order valence-electron chi connectivity index (χ0n) is 26.5. The van der Waals surface area contributed by atoms with Crippen LogP contribution >= 0.6 is 11.3 Å². The van der Waals surface area contributed by atoms with Crippen molar-refractivity contribution in [1.29, 1.82) is 0 Å². The fourth-order valence-corrected chi connectivity index (χ4v) is 8.47. The summed E-state index contributed by atoms with van der Waals surface area (Å²) >= 11 is 1.87. The average molecular weight is 644 g/mol. The van der Waals surface area contributed by atoms with Crippen LogP contribution in [0.5, 0.6) is 0 Å². The van der Waals surface area contributed by atoms with E-state index >= 15 is 0 Å². The summed E-state index contributed by atoms with van der Waals surface area (Å²) < 4.78 is 8.84. The zero-order valence-corrected chi connectivity index (χ0v) is 27.3. The van der Waals surface area contributed by atoms with Gasteiger partial charge in [0.15, 0.2) is 0 Å². The second-order valence-electron chi connectivity index (χ2n) is 12.5. The number of para-hydroxylation sites is 2. The van der Waals surface area contributed by atoms with Crippen LogP contribution in [0, 0.1) is 0 Å². The Labute approximate surface area is 287 Å². The fraction of sp³-hybridized carbons (Fsp3) is 0. The molecule has 8 aromatic carbocycles. The van der Waals surface area contributed by atoms with Gasteiger partial charge in [0, 0.05) is 48.0 Å². The van der Waals surface area contributed by atoms with Crippen LogP contribution in [-0.2, 0) is 0 Å². The molecule has 0 N–H and O–H groups in total. The molecule has 0 aliphatic carbocycles. The van der Waals surface area contributed by atoms with Crippen LogP contribution in [0.2, 0.25) is 0 Å². The van der Waals surface area contributed by atoms with Gasteiger partial charge in [-0.1, -0.05) is 109 Å². The molecule has 0 saturated carbocycles. The molecule has 2 heterocycles. The molecule has 0 radical (unpaired) electrons. The topological polar surface area (TPSA) is 16.4 Å². The van der Waals surface area contributed by atoms with Gasteiger partial charge in [0.25, 0.3) is 0 Å². The van der Waals surface area contributed by atoms with Gasteiger partial charge in [-0.15, -0.1) is 11.3 Å². The van der Waals surface area contributed by atoms with Crippen molar-refractivity contribution in [2.75, 3.05) is 4.90 Å². The molecule has 0 fully saturated rings. The van der Waals surface area contributed by atoms with Gasteiger partial charge >= 0.3 is 0 Å². The van der Waals surface area contributed by atoms with Crippen LogP contribution in [0.25, 0.3) is 75.1 Å². The molecule has 0 atom stereocenters. The van der Waals surface area contributed by atoms with Crippen molar-refractivity contribution >= 4 is 81.3 Å². The molecule has 0 bridgehead atoms. The molecular weight excluding hydrogens is 615 g/mol. The highest BCUT2D eigenvalue weighted by molar-refractivity contribution is 7.26. The summed E-state index contributed by atoms with van der Waals surface area (Å²) in [5.74, 6) is 0. The molecule has 10 rings (SSSR count). The standard InChI is InChI=1S/C46H29NOS/c1-2-10-34(11-3-1)47(35-23-17-30(18-24-35)33-21-27-39-38-12-4-6-15-41(38)48-42(39)29-33)36-25-19-31(20-26-36)37-14-8-9-32-22-28-44-46(45(32)37)40-13-5-7-16-43(40)49-44/h1-29H. The molecule has 0 aliphatic rings. The first-order chi connectivity index (χ1) is 24.3. The van der Waals surface area contributed by atoms with Crippen molar-refractivity contribution < 1.29 is 4.42 Å². The van der Waals surface area contributed by atoms with Crippen molar-refractivity contribution in [3.63, 3.8) is 0 Å². The first-order valence-corrected chi connectivity index (χ1v) is 17.4. The van der Waals surface area contributed by atoms with Crippen molar-refractivity contribution in [2.45, 2.75) is 0 Å². The highest BCUT2D eigenvalue weighted by Crippen LogP contribution is 2.43. The molecule has 2 nitrogen and oxygen atoms in total. The van der Waals surface area contributed by atoms with E-state index in [1.54, 1.807) is 0 Å². The van der Waals surface area contributed by atoms with Crippen LogP contribution in [0.3, 0.4) is 0 Å². The molecule has 230 valence electrons. The second-order valence-corrected chi connectivity index (χ2v) is 13.6. The maximum absolute atomic E-state index is 6.19. The van der Waals surface area contributed by atoms with Crippen molar-refractivity contribution in [3.8, 4) is 22.3 Å². The number of hydrogen-bond acceptors (Lipinski definition) is 3. The largest absolute Gasteiger partial charge is 0.456 e. The third kappa shape index (κ3) is 4.62. The van der Waals surface area contributed by atoms with Gasteiger partial charge in [0.2, 0.25) is 0 Å². The Kier molecular flexibility index (Phi) is 6.39. The lowest BCUT2D eigenvalue weighted by Crippen LogP contribution is -2.09. The van der Waals surface area contributed by atoms with E-state index in [0.29, 0.717) is 0 Å². The molecule has 0 unspecified atom stereocenters. The van der Waals surface area contributed by atoms with Crippen LogP contribution in [0.4, 0.5) is 17.1 Å². The number of hydrogen-bond donors (Lipinski definition) is 0. The number of nitrogens with zero attached hydrogens (tertiary/aromatic N) is 1. The highest BCUT2D eigenvalue weighted by atomic mass is 32.1. The first-order valence-electron chi connectivity index (χ1n) is 16.6. The first kappa shape index (κ1) is 27.9. The van der Waals surface area contributed by atoms with E-state index in [0.717, 1.165) is 50.1 Å². The van der Waals surface area contributed by atoms with Crippen LogP contribution < -0.4 is 4.90 Å². The van der Waals surface area contributed by atoms with E-state index in [9.17, 15) is 0 Å². The summed E-state index contributed by atoms with van der Waals surface area (Å²) in [5, 5.41) is 7.56. The van der Waals surface area contributed by atoms with Gasteiger partial charge in [-0.05, 0) is 99.8 Å². The predicted octanol–water partition coefficient (Wildman–Crippen LogP) is 13.9. The monoisotopic (exact) mass is 643 g/mol. The van der Waals surface area contributed by atoms with E-state index in [2.05, 4.69) is 169 Å². The Morgan fingerprint density at radius 2 is 1.04 bits per heavy atom. The molecule has 0 spiro atoms. The molecule has 3 heteroatoms. The zero-order chi connectivity index (χ0) is 32.3. The van der Waals surface area contributed by atoms with E-state index in [1.165, 1.54) is 42.1 Å². The summed E-state index contributed by atoms with van der Waals surface area (Å²) in [7, 11) is 0. The van der Waals surface area contributed by atoms with Gasteiger partial charge in [-0.2, -0.15) is 0 Å². The van der Waals surface area contributed by atoms with E-state index in [1.807, 2.05) is 23.5 Å². The predicted molar refractivity (Wildman–Crippen MR) is 210 cm³/mol. The molecule has 2 aromatic heterocycles. The SMILES string of the molecule is c1ccc(N(c2ccc(-c3ccc4c(c3)oc3ccccc34)cc2)c2ccc(-c3cccc4ccc5sc6ccccc6c5c34)cc2)cc1. The fourth-order valence-electron chi connectivity index (χ4n) is 7.36. The summed E-state index contributed by atoms with van der Waals surface area (Å²) in [5.41, 5.74) is 9.91. The Balaban J connectivity index is 1.04. The van der Waals surface area contributed by atoms with Crippen molar-refractivity contribution in [2.24, 2.45) is 0 Å². The van der Waals surface area contributed by atoms with Crippen LogP contribution in [0.1, 0.15) is 0 Å². The van der Waals surface area contributed by atoms with Gasteiger partial charge < -0.3 is 9.32 Å². The van der Waals surface area contributed by atoms with Crippen LogP contribution in [-0.4, -0.2) is 0 Å². The van der Waals surface area contributed by atoms with Gasteiger partial charge in [0.05, 0.1) is 0 Å². The number of furan rings is 1. The van der Waals surface area contributed by atoms with E-state index < -0.39 is 0 Å². The van der Waals surface area contributed by atoms with E-state index in [4.69, 9.17) is 4.42 Å². The molecular formula is C46H29NOS. The number of fused-ring (bicyclic) bond motifs is 8. The molecule has 0 amide bonds. The Morgan fingerprint density at radius 1 is 0.388 bits per heavy atom. The lowest BCUT2D eigenvalue weighted by molar-refractivity contribution is 0.669. The number of benzene rings is 8. The summed E-state index contributed by atoms with van der Waals surface area (Å²) in [6.45, 7) is 0. The smallest absolute Gasteiger partial charge is 0.136 e. The third-order valence-corrected chi connectivity index (χ3v) is 10.8. The minimum absolute atomic E-state index is 0.910. The third-order valence-electron chi connectivity index (χ3n) is 9.67. The minimum Gasteiger partial charge on any atom is -0.456 e. The molecule has 49 heavy (non-hydrogen) atoms. The molecule has 0 saturated heterocycles. The maximum Gasteiger partial charge on any atom is 0.136 e. The van der Waals surface area contributed by atoms with Gasteiger partial charge in [0.1, 0.15) is 11.2 Å². The second kappa shape index (κ2) is 11.2. The maximum atomic E-state index is 6.19. The summed E-state index contributed by atoms with van der Waals surface area (Å²) in [4.78, 5) is 2.32. The van der Waals surface area contributed by atoms with E-state index in [-0.39, 0.29) is 0 Å². The summed E-state index contributed by atoms with van der Waals surface area (Å²) in [6.07, 6.45) is 0. The lowest BCUT2D eigenvalue weighted by Gasteiger charge is -2.26. The van der Waals surface area contributed by atoms with Crippen molar-refractivity contribution in [1.82, 2.24) is 0 Å². The average Bonchev–Trinajstić information content (AvgIpc) is 3.74. The molecule has 0 aliphatic heterocycles. The lowest BCUT2D eigenvalue weighted by atomic mass is 9.94. The number of thiophene rings is 1. The van der Waals surface area contributed by atoms with Gasteiger partial charge in [-0.25, -0.2) is 0 Å².